The third-order valence-electron chi connectivity index (χ3n) is 4.81. The average Bonchev–Trinajstić information content (AvgIpc) is 3.02. The van der Waals surface area contributed by atoms with E-state index in [2.05, 4.69) is 11.5 Å². The maximum absolute atomic E-state index is 10.4. The highest BCUT2D eigenvalue weighted by Gasteiger charge is 2.12. The van der Waals surface area contributed by atoms with Crippen molar-refractivity contribution in [3.05, 3.63) is 35.9 Å². The van der Waals surface area contributed by atoms with Gasteiger partial charge < -0.3 is 75.9 Å². The summed E-state index contributed by atoms with van der Waals surface area (Å²) in [5.41, 5.74) is 35.8. The van der Waals surface area contributed by atoms with Gasteiger partial charge in [0.1, 0.15) is 24.2 Å². The highest BCUT2D eigenvalue weighted by Crippen LogP contribution is 2.02. The lowest BCUT2D eigenvalue weighted by molar-refractivity contribution is -0.140. The van der Waals surface area contributed by atoms with E-state index in [0.717, 1.165) is 18.4 Å². The first-order valence-corrected chi connectivity index (χ1v) is 14.3. The number of rotatable bonds is 15. The second-order valence-electron chi connectivity index (χ2n) is 9.76. The number of benzene rings is 1. The van der Waals surface area contributed by atoms with Crippen LogP contribution in [0.4, 0.5) is 0 Å². The minimum atomic E-state index is -1.18. The van der Waals surface area contributed by atoms with Crippen LogP contribution in [-0.2, 0) is 35.2 Å². The highest BCUT2D eigenvalue weighted by atomic mass is 16.4. The molecule has 48 heavy (non-hydrogen) atoms. The van der Waals surface area contributed by atoms with Crippen LogP contribution >= 0.6 is 0 Å². The maximum Gasteiger partial charge on any atom is 0.322 e. The number of aliphatic carboxylic acids is 6. The molecule has 20 heteroatoms. The molecule has 0 amide bonds. The highest BCUT2D eigenvalue weighted by molar-refractivity contribution is 5.74. The van der Waals surface area contributed by atoms with Gasteiger partial charge >= 0.3 is 35.8 Å². The van der Waals surface area contributed by atoms with Gasteiger partial charge in [-0.3, -0.25) is 28.8 Å². The van der Waals surface area contributed by atoms with Gasteiger partial charge in [0, 0.05) is 0 Å². The Hall–Kier alpha value is -4.28. The van der Waals surface area contributed by atoms with Crippen molar-refractivity contribution in [2.75, 3.05) is 26.2 Å². The SMILES string of the molecule is CC(C)CC(N)C(=O)O.NC(CO)C(=O)O.NC(Cc1ccccc1)C(=O)O.NCC(=O)O.NCC(=O)O.NCCCCC(N)C(=O)O. The van der Waals surface area contributed by atoms with Crippen molar-refractivity contribution in [2.45, 2.75) is 70.1 Å². The quantitative estimate of drug-likeness (QED) is 0.0815. The van der Waals surface area contributed by atoms with E-state index in [0.29, 0.717) is 31.7 Å². The lowest BCUT2D eigenvalue weighted by Crippen LogP contribution is -2.33. The summed E-state index contributed by atoms with van der Waals surface area (Å²) in [4.78, 5) is 58.8. The number of aliphatic hydroxyl groups excluding tert-OH is 1. The fraction of sp³-hybridized carbons (Fsp3) is 0.571. The topological polar surface area (TPSA) is 426 Å². The Morgan fingerprint density at radius 2 is 0.979 bits per heavy atom. The second-order valence-corrected chi connectivity index (χ2v) is 9.76. The number of hydrogen-bond donors (Lipinski definition) is 14. The summed E-state index contributed by atoms with van der Waals surface area (Å²) in [5.74, 6) is -5.56. The molecular weight excluding hydrogens is 642 g/mol. The molecule has 0 heterocycles. The van der Waals surface area contributed by atoms with Crippen molar-refractivity contribution in [1.29, 1.82) is 0 Å². The Balaban J connectivity index is -0.000000159. The van der Waals surface area contributed by atoms with Crippen LogP contribution in [0.25, 0.3) is 0 Å². The zero-order valence-corrected chi connectivity index (χ0v) is 27.3. The van der Waals surface area contributed by atoms with E-state index in [9.17, 15) is 28.8 Å². The molecule has 1 aromatic rings. The van der Waals surface area contributed by atoms with Gasteiger partial charge in [-0.15, -0.1) is 0 Å². The van der Waals surface area contributed by atoms with Gasteiger partial charge in [0.15, 0.2) is 0 Å². The van der Waals surface area contributed by atoms with Crippen molar-refractivity contribution >= 4 is 35.8 Å². The zero-order chi connectivity index (χ0) is 38.8. The summed E-state index contributed by atoms with van der Waals surface area (Å²) in [6.07, 6.45) is 3.10. The van der Waals surface area contributed by atoms with Gasteiger partial charge in [0.05, 0.1) is 19.7 Å². The Bertz CT molecular complexity index is 989. The molecule has 0 aromatic heterocycles. The van der Waals surface area contributed by atoms with E-state index in [1.54, 1.807) is 0 Å². The Labute approximate surface area is 278 Å². The van der Waals surface area contributed by atoms with Crippen molar-refractivity contribution in [3.8, 4) is 0 Å². The monoisotopic (exact) mass is 697 g/mol. The summed E-state index contributed by atoms with van der Waals surface area (Å²) < 4.78 is 0. The molecule has 0 spiro atoms. The van der Waals surface area contributed by atoms with E-state index in [1.807, 2.05) is 44.2 Å². The molecule has 0 saturated carbocycles. The van der Waals surface area contributed by atoms with Gasteiger partial charge in [0.25, 0.3) is 0 Å². The van der Waals surface area contributed by atoms with Crippen molar-refractivity contribution in [2.24, 2.45) is 46.1 Å². The molecule has 0 aliphatic heterocycles. The summed E-state index contributed by atoms with van der Waals surface area (Å²) in [5, 5.41) is 56.2. The minimum absolute atomic E-state index is 0.278. The molecule has 21 N–H and O–H groups in total. The largest absolute Gasteiger partial charge is 0.480 e. The first kappa shape index (κ1) is 53.2. The number of nitrogens with two attached hydrogens (primary N) is 7. The first-order chi connectivity index (χ1) is 22.1. The summed E-state index contributed by atoms with van der Waals surface area (Å²) in [6, 6.07) is 6.01. The standard InChI is InChI=1S/C9H11NO2.C6H14N2O2.C6H13NO2.C3H7NO3.2C2H5NO2/c10-8(9(11)12)6-7-4-2-1-3-5-7;7-4-2-1-3-5(8)6(9)10;1-4(2)3-5(7)6(8)9;4-2(1-5)3(6)7;2*3-1-2(4)5/h1-5,8H,6,10H2,(H,11,12);5H,1-4,7-8H2,(H,9,10);4-5H,3,7H2,1-2H3,(H,8,9);2,5H,1,4H2,(H,6,7);2*1,3H2,(H,4,5). The molecule has 0 saturated heterocycles. The number of carbonyl (C=O) groups is 6. The van der Waals surface area contributed by atoms with Crippen LogP contribution in [-0.4, -0.2) is 122 Å². The Morgan fingerprint density at radius 1 is 0.604 bits per heavy atom. The minimum Gasteiger partial charge on any atom is -0.480 e. The number of carboxylic acid groups (broad SMARTS) is 6. The average molecular weight is 698 g/mol. The van der Waals surface area contributed by atoms with Gasteiger partial charge in [-0.1, -0.05) is 50.6 Å². The van der Waals surface area contributed by atoms with Gasteiger partial charge in [-0.2, -0.15) is 0 Å². The normalized spacial score (nSPS) is 11.9. The second kappa shape index (κ2) is 35.6. The maximum atomic E-state index is 10.4. The summed E-state index contributed by atoms with van der Waals surface area (Å²) >= 11 is 0. The molecule has 4 atom stereocenters. The molecule has 0 bridgehead atoms. The van der Waals surface area contributed by atoms with E-state index in [-0.39, 0.29) is 13.1 Å². The zero-order valence-electron chi connectivity index (χ0n) is 27.3. The Morgan fingerprint density at radius 3 is 1.21 bits per heavy atom. The van der Waals surface area contributed by atoms with Crippen LogP contribution in [0.3, 0.4) is 0 Å². The van der Waals surface area contributed by atoms with Crippen LogP contribution < -0.4 is 40.1 Å². The van der Waals surface area contributed by atoms with Crippen LogP contribution in [0.15, 0.2) is 30.3 Å². The fourth-order valence-corrected chi connectivity index (χ4v) is 2.27. The van der Waals surface area contributed by atoms with Gasteiger partial charge in [-0.25, -0.2) is 0 Å². The first-order valence-electron chi connectivity index (χ1n) is 14.3. The van der Waals surface area contributed by atoms with Gasteiger partial charge in [-0.05, 0) is 43.7 Å². The molecule has 4 unspecified atom stereocenters. The molecule has 280 valence electrons. The number of carboxylic acids is 6. The third-order valence-corrected chi connectivity index (χ3v) is 4.81. The predicted octanol–water partition coefficient (Wildman–Crippen LogP) is -2.94. The molecule has 0 fully saturated rings. The van der Waals surface area contributed by atoms with Crippen LogP contribution in [0.1, 0.15) is 45.1 Å². The number of aliphatic hydroxyl groups is 1. The van der Waals surface area contributed by atoms with E-state index in [4.69, 9.17) is 64.4 Å². The van der Waals surface area contributed by atoms with E-state index < -0.39 is 66.6 Å². The molecule has 0 aliphatic rings. The smallest absolute Gasteiger partial charge is 0.322 e. The summed E-state index contributed by atoms with van der Waals surface area (Å²) in [7, 11) is 0. The Kier molecular flexibility index (Phi) is 39.4. The molecular formula is C28H55N7O13. The molecule has 1 aromatic carbocycles. The van der Waals surface area contributed by atoms with Gasteiger partial charge in [0.2, 0.25) is 0 Å². The number of unbranched alkanes of at least 4 members (excludes halogenated alkanes) is 1. The van der Waals surface area contributed by atoms with Crippen LogP contribution in [0, 0.1) is 5.92 Å². The number of hydrogen-bond acceptors (Lipinski definition) is 14. The van der Waals surface area contributed by atoms with E-state index in [1.165, 1.54) is 0 Å². The molecule has 0 aliphatic carbocycles. The van der Waals surface area contributed by atoms with Crippen molar-refractivity contribution < 1.29 is 64.5 Å². The van der Waals surface area contributed by atoms with Crippen LogP contribution in [0.5, 0.6) is 0 Å². The van der Waals surface area contributed by atoms with Crippen molar-refractivity contribution in [1.82, 2.24) is 0 Å². The fourth-order valence-electron chi connectivity index (χ4n) is 2.27. The molecule has 1 rings (SSSR count). The van der Waals surface area contributed by atoms with Crippen LogP contribution in [0.2, 0.25) is 0 Å². The summed E-state index contributed by atoms with van der Waals surface area (Å²) in [6.45, 7) is 3.44. The van der Waals surface area contributed by atoms with E-state index >= 15 is 0 Å². The lowest BCUT2D eigenvalue weighted by Gasteiger charge is -2.07. The third kappa shape index (κ3) is 46.1. The van der Waals surface area contributed by atoms with Crippen molar-refractivity contribution in [3.63, 3.8) is 0 Å². The predicted molar refractivity (Wildman–Crippen MR) is 175 cm³/mol. The molecule has 20 nitrogen and oxygen atoms in total. The lowest BCUT2D eigenvalue weighted by atomic mass is 10.1. The molecule has 0 radical (unpaired) electrons.